The van der Waals surface area contributed by atoms with E-state index in [-0.39, 0.29) is 18.4 Å². The predicted molar refractivity (Wildman–Crippen MR) is 121 cm³/mol. The number of aryl methyl sites for hydroxylation is 1. The van der Waals surface area contributed by atoms with Crippen LogP contribution in [0.15, 0.2) is 42.5 Å². The normalized spacial score (nSPS) is 16.6. The van der Waals surface area contributed by atoms with E-state index >= 15 is 0 Å². The molecule has 1 fully saturated rings. The summed E-state index contributed by atoms with van der Waals surface area (Å²) in [6, 6.07) is 11.4. The van der Waals surface area contributed by atoms with Crippen molar-refractivity contribution in [2.75, 3.05) is 32.8 Å². The van der Waals surface area contributed by atoms with Crippen LogP contribution in [0.5, 0.6) is 5.75 Å². The summed E-state index contributed by atoms with van der Waals surface area (Å²) in [6.45, 7) is 6.86. The summed E-state index contributed by atoms with van der Waals surface area (Å²) in [5.41, 5.74) is 2.74. The number of hydrogen-bond donors (Lipinski definition) is 0. The third-order valence-electron chi connectivity index (χ3n) is 6.42. The van der Waals surface area contributed by atoms with Gasteiger partial charge >= 0.3 is 0 Å². The zero-order valence-electron chi connectivity index (χ0n) is 19.0. The van der Waals surface area contributed by atoms with Crippen molar-refractivity contribution in [2.45, 2.75) is 26.8 Å². The Labute approximate surface area is 192 Å². The minimum Gasteiger partial charge on any atom is -0.483 e. The maximum absolute atomic E-state index is 13.0. The van der Waals surface area contributed by atoms with Crippen molar-refractivity contribution in [1.29, 1.82) is 0 Å². The SMILES string of the molecule is Cc1cccc(OCC(=O)N2CCN(C(=O)C(C)N3C(=O)c4ccccc4C3=O)CC2)c1C. The van der Waals surface area contributed by atoms with Crippen molar-refractivity contribution in [3.63, 3.8) is 0 Å². The highest BCUT2D eigenvalue weighted by molar-refractivity contribution is 6.22. The monoisotopic (exact) mass is 449 g/mol. The van der Waals surface area contributed by atoms with E-state index in [0.29, 0.717) is 43.1 Å². The molecule has 0 saturated carbocycles. The number of fused-ring (bicyclic) bond motifs is 1. The second-order valence-electron chi connectivity index (χ2n) is 8.39. The highest BCUT2D eigenvalue weighted by atomic mass is 16.5. The number of benzene rings is 2. The summed E-state index contributed by atoms with van der Waals surface area (Å²) >= 11 is 0. The molecule has 1 unspecified atom stereocenters. The number of imide groups is 1. The molecular formula is C25H27N3O5. The molecule has 1 saturated heterocycles. The fourth-order valence-electron chi connectivity index (χ4n) is 4.22. The highest BCUT2D eigenvalue weighted by Crippen LogP contribution is 2.25. The zero-order valence-corrected chi connectivity index (χ0v) is 19.0. The summed E-state index contributed by atoms with van der Waals surface area (Å²) in [5.74, 6) is -0.658. The Balaban J connectivity index is 1.32. The largest absolute Gasteiger partial charge is 0.483 e. The average Bonchev–Trinajstić information content (AvgIpc) is 3.09. The van der Waals surface area contributed by atoms with E-state index in [1.54, 1.807) is 41.0 Å². The first-order chi connectivity index (χ1) is 15.8. The van der Waals surface area contributed by atoms with Gasteiger partial charge in [0.15, 0.2) is 6.61 Å². The summed E-state index contributed by atoms with van der Waals surface area (Å²) in [4.78, 5) is 55.3. The summed E-state index contributed by atoms with van der Waals surface area (Å²) < 4.78 is 5.71. The summed E-state index contributed by atoms with van der Waals surface area (Å²) in [7, 11) is 0. The number of hydrogen-bond acceptors (Lipinski definition) is 5. The molecule has 33 heavy (non-hydrogen) atoms. The van der Waals surface area contributed by atoms with Crippen LogP contribution in [0, 0.1) is 13.8 Å². The number of nitrogens with zero attached hydrogens (tertiary/aromatic N) is 3. The van der Waals surface area contributed by atoms with E-state index in [0.717, 1.165) is 16.0 Å². The molecule has 8 heteroatoms. The van der Waals surface area contributed by atoms with Crippen LogP contribution in [-0.4, -0.2) is 77.2 Å². The Kier molecular flexibility index (Phi) is 6.18. The van der Waals surface area contributed by atoms with Gasteiger partial charge in [0.1, 0.15) is 11.8 Å². The standard InChI is InChI=1S/C25H27N3O5/c1-16-7-6-10-21(17(16)2)33-15-22(29)26-11-13-27(14-12-26)23(30)18(3)28-24(31)19-8-4-5-9-20(19)25(28)32/h4-10,18H,11-15H2,1-3H3. The molecular weight excluding hydrogens is 422 g/mol. The quantitative estimate of drug-likeness (QED) is 0.652. The molecule has 2 aromatic rings. The third-order valence-corrected chi connectivity index (χ3v) is 6.42. The third kappa shape index (κ3) is 4.20. The van der Waals surface area contributed by atoms with Gasteiger partial charge in [0.25, 0.3) is 17.7 Å². The minimum atomic E-state index is -0.910. The molecule has 0 radical (unpaired) electrons. The lowest BCUT2D eigenvalue weighted by molar-refractivity contribution is -0.142. The molecule has 4 amide bonds. The first-order valence-electron chi connectivity index (χ1n) is 11.0. The number of amides is 4. The summed E-state index contributed by atoms with van der Waals surface area (Å²) in [6.07, 6.45) is 0. The molecule has 1 atom stereocenters. The van der Waals surface area contributed by atoms with Crippen molar-refractivity contribution in [1.82, 2.24) is 14.7 Å². The first-order valence-corrected chi connectivity index (χ1v) is 11.0. The molecule has 0 aromatic heterocycles. The van der Waals surface area contributed by atoms with Gasteiger partial charge in [0, 0.05) is 26.2 Å². The van der Waals surface area contributed by atoms with Gasteiger partial charge in [-0.3, -0.25) is 24.1 Å². The van der Waals surface area contributed by atoms with E-state index in [9.17, 15) is 19.2 Å². The van der Waals surface area contributed by atoms with Crippen LogP contribution >= 0.6 is 0 Å². The highest BCUT2D eigenvalue weighted by Gasteiger charge is 2.42. The molecule has 0 spiro atoms. The van der Waals surface area contributed by atoms with E-state index in [2.05, 4.69) is 0 Å². The lowest BCUT2D eigenvalue weighted by Crippen LogP contribution is -2.56. The number of rotatable bonds is 5. The molecule has 2 aliphatic heterocycles. The molecule has 0 aliphatic carbocycles. The van der Waals surface area contributed by atoms with Gasteiger partial charge in [-0.2, -0.15) is 0 Å². The van der Waals surface area contributed by atoms with Gasteiger partial charge in [-0.1, -0.05) is 24.3 Å². The molecule has 4 rings (SSSR count). The fourth-order valence-corrected chi connectivity index (χ4v) is 4.22. The van der Waals surface area contributed by atoms with Gasteiger partial charge in [0.2, 0.25) is 5.91 Å². The first kappa shape index (κ1) is 22.5. The number of piperazine rings is 1. The smallest absolute Gasteiger partial charge is 0.262 e. The molecule has 2 heterocycles. The van der Waals surface area contributed by atoms with Crippen LogP contribution in [-0.2, 0) is 9.59 Å². The predicted octanol–water partition coefficient (Wildman–Crippen LogP) is 2.04. The Morgan fingerprint density at radius 2 is 1.45 bits per heavy atom. The fraction of sp³-hybridized carbons (Fsp3) is 0.360. The summed E-state index contributed by atoms with van der Waals surface area (Å²) in [5, 5.41) is 0. The lowest BCUT2D eigenvalue weighted by atomic mass is 10.1. The second-order valence-corrected chi connectivity index (χ2v) is 8.39. The second kappa shape index (κ2) is 9.05. The van der Waals surface area contributed by atoms with Crippen LogP contribution in [0.2, 0.25) is 0 Å². The Morgan fingerprint density at radius 3 is 2.06 bits per heavy atom. The van der Waals surface area contributed by atoms with E-state index in [1.165, 1.54) is 0 Å². The molecule has 8 nitrogen and oxygen atoms in total. The van der Waals surface area contributed by atoms with Crippen molar-refractivity contribution in [3.05, 3.63) is 64.7 Å². The lowest BCUT2D eigenvalue weighted by Gasteiger charge is -2.37. The van der Waals surface area contributed by atoms with Crippen molar-refractivity contribution in [2.24, 2.45) is 0 Å². The van der Waals surface area contributed by atoms with Gasteiger partial charge in [-0.25, -0.2) is 0 Å². The van der Waals surface area contributed by atoms with E-state index in [4.69, 9.17) is 4.74 Å². The maximum Gasteiger partial charge on any atom is 0.262 e. The molecule has 2 aliphatic rings. The van der Waals surface area contributed by atoms with Crippen LogP contribution in [0.3, 0.4) is 0 Å². The van der Waals surface area contributed by atoms with Gasteiger partial charge in [-0.05, 0) is 50.1 Å². The topological polar surface area (TPSA) is 87.2 Å². The Morgan fingerprint density at radius 1 is 0.879 bits per heavy atom. The molecule has 172 valence electrons. The number of carbonyl (C=O) groups is 4. The Hall–Kier alpha value is -3.68. The molecule has 2 aromatic carbocycles. The number of ether oxygens (including phenoxy) is 1. The minimum absolute atomic E-state index is 0.0658. The average molecular weight is 450 g/mol. The molecule has 0 N–H and O–H groups in total. The Bertz CT molecular complexity index is 1090. The van der Waals surface area contributed by atoms with E-state index in [1.807, 2.05) is 32.0 Å². The van der Waals surface area contributed by atoms with E-state index < -0.39 is 17.9 Å². The number of carbonyl (C=O) groups excluding carboxylic acids is 4. The van der Waals surface area contributed by atoms with Gasteiger partial charge in [-0.15, -0.1) is 0 Å². The van der Waals surface area contributed by atoms with Crippen molar-refractivity contribution in [3.8, 4) is 5.75 Å². The van der Waals surface area contributed by atoms with Crippen molar-refractivity contribution >= 4 is 23.6 Å². The van der Waals surface area contributed by atoms with Crippen LogP contribution < -0.4 is 4.74 Å². The van der Waals surface area contributed by atoms with Crippen LogP contribution in [0.4, 0.5) is 0 Å². The van der Waals surface area contributed by atoms with Gasteiger partial charge < -0.3 is 14.5 Å². The zero-order chi connectivity index (χ0) is 23.7. The van der Waals surface area contributed by atoms with Crippen LogP contribution in [0.25, 0.3) is 0 Å². The van der Waals surface area contributed by atoms with Crippen molar-refractivity contribution < 1.29 is 23.9 Å². The van der Waals surface area contributed by atoms with Crippen LogP contribution in [0.1, 0.15) is 38.8 Å². The molecule has 0 bridgehead atoms. The van der Waals surface area contributed by atoms with Gasteiger partial charge in [0.05, 0.1) is 11.1 Å². The maximum atomic E-state index is 13.0.